The minimum absolute atomic E-state index is 0.0139. The van der Waals surface area contributed by atoms with Gasteiger partial charge in [-0.1, -0.05) is 45.0 Å². The summed E-state index contributed by atoms with van der Waals surface area (Å²) < 4.78 is 3.91. The summed E-state index contributed by atoms with van der Waals surface area (Å²) in [6, 6.07) is 10.6. The molecule has 154 valence electrons. The molecule has 2 aromatic heterocycles. The van der Waals surface area contributed by atoms with Gasteiger partial charge >= 0.3 is 0 Å². The minimum atomic E-state index is 0.0139. The van der Waals surface area contributed by atoms with Gasteiger partial charge in [-0.15, -0.1) is 0 Å². The fraction of sp³-hybridized carbons (Fsp3) is 0.435. The minimum Gasteiger partial charge on any atom is -0.337 e. The maximum absolute atomic E-state index is 12.2. The predicted octanol–water partition coefficient (Wildman–Crippen LogP) is 4.43. The van der Waals surface area contributed by atoms with Crippen molar-refractivity contribution in [3.63, 3.8) is 0 Å². The van der Waals surface area contributed by atoms with Crippen LogP contribution in [0.1, 0.15) is 51.2 Å². The third-order valence-corrected chi connectivity index (χ3v) is 4.96. The summed E-state index contributed by atoms with van der Waals surface area (Å²) in [7, 11) is 0. The second kappa shape index (κ2) is 9.54. The number of imidazole rings is 1. The van der Waals surface area contributed by atoms with E-state index in [0.717, 1.165) is 32.4 Å². The van der Waals surface area contributed by atoms with Crippen molar-refractivity contribution in [2.24, 2.45) is 0 Å². The first-order valence-corrected chi connectivity index (χ1v) is 10.3. The van der Waals surface area contributed by atoms with Crippen molar-refractivity contribution in [1.82, 2.24) is 19.3 Å². The summed E-state index contributed by atoms with van der Waals surface area (Å²) in [5.41, 5.74) is 2.77. The van der Waals surface area contributed by atoms with Crippen LogP contribution in [0.25, 0.3) is 0 Å². The molecule has 0 aliphatic heterocycles. The molecule has 6 nitrogen and oxygen atoms in total. The summed E-state index contributed by atoms with van der Waals surface area (Å²) in [5, 5.41) is 7.32. The van der Waals surface area contributed by atoms with Crippen LogP contribution >= 0.6 is 0 Å². The maximum atomic E-state index is 12.2. The molecule has 0 atom stereocenters. The van der Waals surface area contributed by atoms with Crippen molar-refractivity contribution >= 4 is 11.7 Å². The second-order valence-corrected chi connectivity index (χ2v) is 8.47. The van der Waals surface area contributed by atoms with Gasteiger partial charge in [0.2, 0.25) is 5.91 Å². The van der Waals surface area contributed by atoms with Crippen molar-refractivity contribution in [2.75, 3.05) is 5.32 Å². The van der Waals surface area contributed by atoms with E-state index in [4.69, 9.17) is 0 Å². The van der Waals surface area contributed by atoms with Crippen molar-refractivity contribution < 1.29 is 4.79 Å². The number of amides is 1. The van der Waals surface area contributed by atoms with Crippen molar-refractivity contribution in [3.05, 3.63) is 66.4 Å². The van der Waals surface area contributed by atoms with Crippen LogP contribution in [-0.2, 0) is 29.7 Å². The number of carbonyl (C=O) groups excluding carboxylic acids is 1. The van der Waals surface area contributed by atoms with Gasteiger partial charge in [-0.3, -0.25) is 9.48 Å². The van der Waals surface area contributed by atoms with E-state index in [2.05, 4.69) is 60.4 Å². The Kier molecular flexibility index (Phi) is 6.86. The van der Waals surface area contributed by atoms with Crippen molar-refractivity contribution in [1.29, 1.82) is 0 Å². The molecule has 0 bridgehead atoms. The van der Waals surface area contributed by atoms with Gasteiger partial charge in [-0.05, 0) is 35.8 Å². The molecule has 6 heteroatoms. The molecule has 0 aliphatic rings. The lowest BCUT2D eigenvalue weighted by atomic mass is 9.86. The summed E-state index contributed by atoms with van der Waals surface area (Å²) >= 11 is 0. The zero-order chi connectivity index (χ0) is 20.7. The highest BCUT2D eigenvalue weighted by Crippen LogP contribution is 2.22. The Morgan fingerprint density at radius 1 is 1.03 bits per heavy atom. The zero-order valence-electron chi connectivity index (χ0n) is 17.6. The SMILES string of the molecule is CC(C)(C)c1ccc(CCCC(=O)Nc2ccn(CCCn3ccnc3)n2)cc1. The van der Waals surface area contributed by atoms with Crippen LogP contribution in [0, 0.1) is 0 Å². The third-order valence-electron chi connectivity index (χ3n) is 4.96. The molecule has 1 amide bonds. The molecule has 0 saturated carbocycles. The Hall–Kier alpha value is -2.89. The van der Waals surface area contributed by atoms with E-state index in [-0.39, 0.29) is 11.3 Å². The Labute approximate surface area is 173 Å². The molecule has 0 fully saturated rings. The topological polar surface area (TPSA) is 64.7 Å². The third kappa shape index (κ3) is 6.59. The molecule has 0 unspecified atom stereocenters. The van der Waals surface area contributed by atoms with Gasteiger partial charge in [-0.25, -0.2) is 4.98 Å². The molecule has 3 aromatic rings. The van der Waals surface area contributed by atoms with E-state index < -0.39 is 0 Å². The Bertz CT molecular complexity index is 888. The Morgan fingerprint density at radius 3 is 2.52 bits per heavy atom. The van der Waals surface area contributed by atoms with E-state index in [0.29, 0.717) is 12.2 Å². The lowest BCUT2D eigenvalue weighted by Gasteiger charge is -2.19. The smallest absolute Gasteiger partial charge is 0.225 e. The van der Waals surface area contributed by atoms with Gasteiger partial charge in [0.05, 0.1) is 6.33 Å². The first-order chi connectivity index (χ1) is 13.9. The number of rotatable bonds is 9. The molecular weight excluding hydrogens is 362 g/mol. The van der Waals surface area contributed by atoms with Crippen LogP contribution in [0.15, 0.2) is 55.2 Å². The summed E-state index contributed by atoms with van der Waals surface area (Å²) in [6.07, 6.45) is 10.6. The van der Waals surface area contributed by atoms with E-state index in [9.17, 15) is 4.79 Å². The molecule has 0 radical (unpaired) electrons. The first-order valence-electron chi connectivity index (χ1n) is 10.3. The predicted molar refractivity (Wildman–Crippen MR) is 116 cm³/mol. The quantitative estimate of drug-likeness (QED) is 0.585. The van der Waals surface area contributed by atoms with Gasteiger partial charge in [0.25, 0.3) is 0 Å². The van der Waals surface area contributed by atoms with Gasteiger partial charge in [-0.2, -0.15) is 5.10 Å². The number of aryl methyl sites for hydroxylation is 3. The van der Waals surface area contributed by atoms with Crippen LogP contribution in [0.3, 0.4) is 0 Å². The fourth-order valence-electron chi connectivity index (χ4n) is 3.22. The molecule has 3 rings (SSSR count). The van der Waals surface area contributed by atoms with Crippen LogP contribution in [0.2, 0.25) is 0 Å². The van der Waals surface area contributed by atoms with E-state index in [1.165, 1.54) is 11.1 Å². The van der Waals surface area contributed by atoms with Gasteiger partial charge in [0.15, 0.2) is 5.82 Å². The average Bonchev–Trinajstić information content (AvgIpc) is 3.34. The standard InChI is InChI=1S/C23H31N5O/c1-23(2,3)20-10-8-19(9-11-20)6-4-7-22(29)25-21-12-16-28(26-21)15-5-14-27-17-13-24-18-27/h8-13,16-18H,4-7,14-15H2,1-3H3,(H,25,26,29). The van der Waals surface area contributed by atoms with Crippen LogP contribution < -0.4 is 5.32 Å². The Balaban J connectivity index is 1.36. The van der Waals surface area contributed by atoms with Crippen LogP contribution in [0.5, 0.6) is 0 Å². The summed E-state index contributed by atoms with van der Waals surface area (Å²) in [5.74, 6) is 0.632. The molecule has 1 N–H and O–H groups in total. The highest BCUT2D eigenvalue weighted by atomic mass is 16.1. The number of nitrogens with one attached hydrogen (secondary N) is 1. The fourth-order valence-corrected chi connectivity index (χ4v) is 3.22. The van der Waals surface area contributed by atoms with E-state index in [1.807, 2.05) is 34.0 Å². The molecule has 1 aromatic carbocycles. The highest BCUT2D eigenvalue weighted by molar-refractivity contribution is 5.89. The van der Waals surface area contributed by atoms with Crippen LogP contribution in [-0.4, -0.2) is 25.2 Å². The van der Waals surface area contributed by atoms with Gasteiger partial charge in [0.1, 0.15) is 0 Å². The summed E-state index contributed by atoms with van der Waals surface area (Å²) in [6.45, 7) is 8.35. The molecule has 29 heavy (non-hydrogen) atoms. The van der Waals surface area contributed by atoms with E-state index >= 15 is 0 Å². The van der Waals surface area contributed by atoms with Crippen molar-refractivity contribution in [3.8, 4) is 0 Å². The molecule has 0 spiro atoms. The number of aromatic nitrogens is 4. The lowest BCUT2D eigenvalue weighted by molar-refractivity contribution is -0.116. The maximum Gasteiger partial charge on any atom is 0.225 e. The normalized spacial score (nSPS) is 11.6. The van der Waals surface area contributed by atoms with Crippen molar-refractivity contribution in [2.45, 2.75) is 65.0 Å². The zero-order valence-corrected chi connectivity index (χ0v) is 17.6. The monoisotopic (exact) mass is 393 g/mol. The number of hydrogen-bond donors (Lipinski definition) is 1. The average molecular weight is 394 g/mol. The Morgan fingerprint density at radius 2 is 1.83 bits per heavy atom. The molecular formula is C23H31N5O. The largest absolute Gasteiger partial charge is 0.337 e. The summed E-state index contributed by atoms with van der Waals surface area (Å²) in [4.78, 5) is 16.2. The van der Waals surface area contributed by atoms with Crippen LogP contribution in [0.4, 0.5) is 5.82 Å². The molecule has 2 heterocycles. The first kappa shape index (κ1) is 20.8. The number of carbonyl (C=O) groups is 1. The number of anilines is 1. The second-order valence-electron chi connectivity index (χ2n) is 8.47. The van der Waals surface area contributed by atoms with Gasteiger partial charge < -0.3 is 9.88 Å². The van der Waals surface area contributed by atoms with Gasteiger partial charge in [0, 0.05) is 44.2 Å². The molecule has 0 saturated heterocycles. The number of nitrogens with zero attached hydrogens (tertiary/aromatic N) is 4. The number of hydrogen-bond acceptors (Lipinski definition) is 3. The lowest BCUT2D eigenvalue weighted by Crippen LogP contribution is -2.13. The molecule has 0 aliphatic carbocycles. The van der Waals surface area contributed by atoms with E-state index in [1.54, 1.807) is 6.20 Å². The highest BCUT2D eigenvalue weighted by Gasteiger charge is 2.13. The number of benzene rings is 1.